The number of nitrogens with zero attached hydrogens (tertiary/aromatic N) is 2. The first-order valence-electron chi connectivity index (χ1n) is 10.0. The quantitative estimate of drug-likeness (QED) is 0.321. The van der Waals surface area contributed by atoms with E-state index in [0.717, 1.165) is 48.5 Å². The molecule has 156 valence electrons. The Kier molecular flexibility index (Phi) is 9.01. The van der Waals surface area contributed by atoms with Gasteiger partial charge in [0.1, 0.15) is 5.82 Å². The number of likely N-dealkylation sites (tertiary alicyclic amines) is 1. The summed E-state index contributed by atoms with van der Waals surface area (Å²) in [6.45, 7) is 8.61. The van der Waals surface area contributed by atoms with Crippen LogP contribution in [0.4, 0.5) is 4.39 Å². The summed E-state index contributed by atoms with van der Waals surface area (Å²) >= 11 is 0. The van der Waals surface area contributed by atoms with Crippen molar-refractivity contribution in [3.63, 3.8) is 0 Å². The number of aliphatic imine (C=N–C) groups is 1. The smallest absolute Gasteiger partial charge is 0.190 e. The van der Waals surface area contributed by atoms with E-state index in [-0.39, 0.29) is 29.8 Å². The van der Waals surface area contributed by atoms with Crippen LogP contribution in [0, 0.1) is 11.7 Å². The van der Waals surface area contributed by atoms with Crippen LogP contribution in [0.1, 0.15) is 32.3 Å². The monoisotopic (exact) mass is 501 g/mol. The Bertz CT molecular complexity index is 773. The molecule has 0 amide bonds. The maximum absolute atomic E-state index is 13.5. The molecule has 1 saturated heterocycles. The predicted octanol–water partition coefficient (Wildman–Crippen LogP) is 3.75. The van der Waals surface area contributed by atoms with Crippen molar-refractivity contribution in [2.45, 2.75) is 39.2 Å². The van der Waals surface area contributed by atoms with Gasteiger partial charge >= 0.3 is 0 Å². The van der Waals surface area contributed by atoms with Crippen LogP contribution in [-0.2, 0) is 6.42 Å². The Labute approximate surface area is 184 Å². The van der Waals surface area contributed by atoms with Gasteiger partial charge in [0.2, 0.25) is 0 Å². The van der Waals surface area contributed by atoms with Crippen molar-refractivity contribution in [2.24, 2.45) is 10.9 Å². The highest BCUT2D eigenvalue weighted by molar-refractivity contribution is 14.0. The zero-order chi connectivity index (χ0) is 19.2. The van der Waals surface area contributed by atoms with Gasteiger partial charge in [0.15, 0.2) is 5.96 Å². The van der Waals surface area contributed by atoms with E-state index in [1.54, 1.807) is 19.2 Å². The first kappa shape index (κ1) is 22.9. The first-order chi connectivity index (χ1) is 13.1. The molecule has 1 unspecified atom stereocenters. The van der Waals surface area contributed by atoms with Gasteiger partial charge in [-0.25, -0.2) is 4.39 Å². The number of H-pyrrole nitrogens is 1. The Hall–Kier alpha value is -1.35. The summed E-state index contributed by atoms with van der Waals surface area (Å²) in [5.41, 5.74) is 2.09. The lowest BCUT2D eigenvalue weighted by atomic mass is 9.97. The minimum absolute atomic E-state index is 0. The molecule has 1 aromatic carbocycles. The van der Waals surface area contributed by atoms with E-state index in [1.165, 1.54) is 25.5 Å². The first-order valence-corrected chi connectivity index (χ1v) is 10.0. The van der Waals surface area contributed by atoms with E-state index in [0.29, 0.717) is 12.0 Å². The Balaban J connectivity index is 0.00000280. The molecule has 1 fully saturated rings. The van der Waals surface area contributed by atoms with Gasteiger partial charge in [-0.3, -0.25) is 4.99 Å². The number of aromatic amines is 1. The van der Waals surface area contributed by atoms with Gasteiger partial charge in [0.05, 0.1) is 0 Å². The number of hydrogen-bond donors (Lipinski definition) is 3. The molecule has 1 aromatic heterocycles. The summed E-state index contributed by atoms with van der Waals surface area (Å²) < 4.78 is 13.5. The topological polar surface area (TPSA) is 55.5 Å². The van der Waals surface area contributed by atoms with E-state index >= 15 is 0 Å². The fraction of sp³-hybridized carbons (Fsp3) is 0.571. The molecule has 0 radical (unpaired) electrons. The molecule has 2 aromatic rings. The van der Waals surface area contributed by atoms with Crippen LogP contribution in [0.25, 0.3) is 10.9 Å². The van der Waals surface area contributed by atoms with Crippen LogP contribution < -0.4 is 10.6 Å². The van der Waals surface area contributed by atoms with Crippen LogP contribution in [0.5, 0.6) is 0 Å². The van der Waals surface area contributed by atoms with E-state index in [2.05, 4.69) is 39.4 Å². The van der Waals surface area contributed by atoms with Gasteiger partial charge in [-0.15, -0.1) is 24.0 Å². The van der Waals surface area contributed by atoms with E-state index < -0.39 is 0 Å². The third kappa shape index (κ3) is 6.07. The average Bonchev–Trinajstić information content (AvgIpc) is 3.06. The SMILES string of the molecule is CN=C(NCCc1c[nH]c2ccc(F)cc12)NCC1CCCN(C(C)C)C1.I. The molecule has 1 atom stereocenters. The molecule has 0 aliphatic carbocycles. The van der Waals surface area contributed by atoms with Crippen molar-refractivity contribution in [1.82, 2.24) is 20.5 Å². The zero-order valence-corrected chi connectivity index (χ0v) is 19.4. The molecule has 3 N–H and O–H groups in total. The number of rotatable bonds is 6. The van der Waals surface area contributed by atoms with Gasteiger partial charge in [-0.05, 0) is 69.3 Å². The van der Waals surface area contributed by atoms with Crippen LogP contribution in [0.15, 0.2) is 29.4 Å². The number of piperidine rings is 1. The van der Waals surface area contributed by atoms with E-state index in [9.17, 15) is 4.39 Å². The number of guanidine groups is 1. The maximum atomic E-state index is 13.5. The second kappa shape index (κ2) is 11.0. The summed E-state index contributed by atoms with van der Waals surface area (Å²) in [4.78, 5) is 10.1. The third-order valence-electron chi connectivity index (χ3n) is 5.48. The maximum Gasteiger partial charge on any atom is 0.190 e. The summed E-state index contributed by atoms with van der Waals surface area (Å²) in [5, 5.41) is 7.80. The lowest BCUT2D eigenvalue weighted by Crippen LogP contribution is -2.46. The Morgan fingerprint density at radius 1 is 1.36 bits per heavy atom. The molecular formula is C21H33FIN5. The van der Waals surface area contributed by atoms with Gasteiger partial charge in [-0.1, -0.05) is 0 Å². The number of fused-ring (bicyclic) bond motifs is 1. The minimum Gasteiger partial charge on any atom is -0.361 e. The van der Waals surface area contributed by atoms with E-state index in [4.69, 9.17) is 0 Å². The lowest BCUT2D eigenvalue weighted by molar-refractivity contribution is 0.141. The molecule has 0 saturated carbocycles. The molecular weight excluding hydrogens is 468 g/mol. The number of benzene rings is 1. The molecule has 28 heavy (non-hydrogen) atoms. The van der Waals surface area contributed by atoms with Crippen LogP contribution in [-0.4, -0.2) is 55.1 Å². The Morgan fingerprint density at radius 3 is 2.93 bits per heavy atom. The lowest BCUT2D eigenvalue weighted by Gasteiger charge is -2.35. The van der Waals surface area contributed by atoms with Crippen molar-refractivity contribution in [3.05, 3.63) is 35.8 Å². The molecule has 3 rings (SSSR count). The predicted molar refractivity (Wildman–Crippen MR) is 126 cm³/mol. The van der Waals surface area contributed by atoms with Crippen molar-refractivity contribution >= 4 is 40.8 Å². The molecule has 1 aliphatic rings. The van der Waals surface area contributed by atoms with Crippen molar-refractivity contribution in [3.8, 4) is 0 Å². The van der Waals surface area contributed by atoms with Gasteiger partial charge in [-0.2, -0.15) is 0 Å². The van der Waals surface area contributed by atoms with E-state index in [1.807, 2.05) is 6.20 Å². The standard InChI is InChI=1S/C21H32FN5.HI/c1-15(2)27-10-4-5-16(14-27)12-26-21(23-3)24-9-8-17-13-25-20-7-6-18(22)11-19(17)20;/h6-7,11,13,15-16,25H,4-5,8-10,12,14H2,1-3H3,(H2,23,24,26);1H. The molecule has 5 nitrogen and oxygen atoms in total. The van der Waals surface area contributed by atoms with Crippen LogP contribution in [0.3, 0.4) is 0 Å². The summed E-state index contributed by atoms with van der Waals surface area (Å²) in [7, 11) is 1.80. The molecule has 7 heteroatoms. The van der Waals surface area contributed by atoms with Crippen molar-refractivity contribution in [1.29, 1.82) is 0 Å². The normalized spacial score (nSPS) is 18.3. The van der Waals surface area contributed by atoms with Gasteiger partial charge in [0.25, 0.3) is 0 Å². The van der Waals surface area contributed by atoms with Crippen LogP contribution >= 0.6 is 24.0 Å². The fourth-order valence-corrected chi connectivity index (χ4v) is 3.87. The molecule has 2 heterocycles. The van der Waals surface area contributed by atoms with Gasteiger partial charge in [0, 0.05) is 49.8 Å². The second-order valence-corrected chi connectivity index (χ2v) is 7.73. The highest BCUT2D eigenvalue weighted by Crippen LogP contribution is 2.20. The fourth-order valence-electron chi connectivity index (χ4n) is 3.87. The molecule has 0 spiro atoms. The average molecular weight is 501 g/mol. The van der Waals surface area contributed by atoms with Crippen molar-refractivity contribution < 1.29 is 4.39 Å². The second-order valence-electron chi connectivity index (χ2n) is 7.73. The number of hydrogen-bond acceptors (Lipinski definition) is 2. The number of nitrogens with one attached hydrogen (secondary N) is 3. The van der Waals surface area contributed by atoms with Gasteiger partial charge < -0.3 is 20.5 Å². The third-order valence-corrected chi connectivity index (χ3v) is 5.48. The summed E-state index contributed by atoms with van der Waals surface area (Å²) in [6.07, 6.45) is 5.32. The van der Waals surface area contributed by atoms with Crippen molar-refractivity contribution in [2.75, 3.05) is 33.2 Å². The molecule has 1 aliphatic heterocycles. The largest absolute Gasteiger partial charge is 0.361 e. The summed E-state index contributed by atoms with van der Waals surface area (Å²) in [5.74, 6) is 1.30. The van der Waals surface area contributed by atoms with Crippen LogP contribution in [0.2, 0.25) is 0 Å². The summed E-state index contributed by atoms with van der Waals surface area (Å²) in [6, 6.07) is 5.48. The molecule has 0 bridgehead atoms. The number of aromatic nitrogens is 1. The zero-order valence-electron chi connectivity index (χ0n) is 17.1. The number of halogens is 2. The highest BCUT2D eigenvalue weighted by atomic mass is 127. The Morgan fingerprint density at radius 2 is 2.18 bits per heavy atom. The highest BCUT2D eigenvalue weighted by Gasteiger charge is 2.21. The minimum atomic E-state index is -0.197.